The van der Waals surface area contributed by atoms with Gasteiger partial charge in [0.15, 0.2) is 11.9 Å². The molecule has 0 aliphatic carbocycles. The van der Waals surface area contributed by atoms with Crippen LogP contribution in [0.15, 0.2) is 12.2 Å². The number of Topliss-reactive ketones (excluding diaryl/α,β-unsaturated/α-hetero) is 1. The summed E-state index contributed by atoms with van der Waals surface area (Å²) in [6, 6.07) is 0. The minimum atomic E-state index is -4.54. The Kier molecular flexibility index (Phi) is 20.6. The summed E-state index contributed by atoms with van der Waals surface area (Å²) in [6.45, 7) is 1.25. The highest BCUT2D eigenvalue weighted by molar-refractivity contribution is 7.47. The van der Waals surface area contributed by atoms with E-state index >= 15 is 0 Å². The van der Waals surface area contributed by atoms with Crippen molar-refractivity contribution in [2.24, 2.45) is 5.73 Å². The van der Waals surface area contributed by atoms with Crippen LogP contribution in [0.25, 0.3) is 0 Å². The molecule has 0 amide bonds. The molecule has 0 radical (unpaired) electrons. The van der Waals surface area contributed by atoms with Crippen LogP contribution in [0.5, 0.6) is 0 Å². The number of carbonyl (C=O) groups excluding carboxylic acids is 1. The van der Waals surface area contributed by atoms with E-state index in [0.717, 1.165) is 38.5 Å². The van der Waals surface area contributed by atoms with Gasteiger partial charge in [0.1, 0.15) is 6.10 Å². The van der Waals surface area contributed by atoms with Crippen LogP contribution in [0.2, 0.25) is 0 Å². The minimum absolute atomic E-state index is 0.00396. The zero-order chi connectivity index (χ0) is 24.1. The molecular weight excluding hydrogens is 433 g/mol. The number of phosphoric ester groups is 1. The molecule has 0 bridgehead atoms. The van der Waals surface area contributed by atoms with Crippen molar-refractivity contribution in [1.29, 1.82) is 0 Å². The fourth-order valence-electron chi connectivity index (χ4n) is 3.29. The molecule has 0 aromatic heterocycles. The highest BCUT2D eigenvalue weighted by atomic mass is 31.2. The number of carbonyl (C=O) groups is 1. The lowest BCUT2D eigenvalue weighted by atomic mass is 10.0. The van der Waals surface area contributed by atoms with E-state index in [1.54, 1.807) is 0 Å². The number of phosphoric acid groups is 1. The number of hydrogen-bond donors (Lipinski definition) is 4. The Balaban J connectivity index is 3.92. The van der Waals surface area contributed by atoms with Gasteiger partial charge >= 0.3 is 7.82 Å². The lowest BCUT2D eigenvalue weighted by Gasteiger charge is -2.23. The van der Waals surface area contributed by atoms with Crippen molar-refractivity contribution in [2.45, 2.75) is 109 Å². The number of aliphatic hydroxyl groups is 2. The third-order valence-corrected chi connectivity index (χ3v) is 6.16. The van der Waals surface area contributed by atoms with E-state index in [2.05, 4.69) is 23.6 Å². The highest BCUT2D eigenvalue weighted by Crippen LogP contribution is 2.45. The molecule has 0 aromatic carbocycles. The summed E-state index contributed by atoms with van der Waals surface area (Å²) >= 11 is 0. The zero-order valence-corrected chi connectivity index (χ0v) is 20.7. The normalized spacial score (nSPS) is 15.7. The Morgan fingerprint density at radius 2 is 1.50 bits per heavy atom. The first-order valence-corrected chi connectivity index (χ1v) is 13.7. The number of allylic oxidation sites excluding steroid dienone is 2. The Morgan fingerprint density at radius 3 is 2.03 bits per heavy atom. The monoisotopic (exact) mass is 479 g/mol. The molecule has 190 valence electrons. The van der Waals surface area contributed by atoms with Gasteiger partial charge in [0.05, 0.1) is 13.2 Å². The molecule has 0 heterocycles. The van der Waals surface area contributed by atoms with E-state index in [0.29, 0.717) is 6.42 Å². The van der Waals surface area contributed by atoms with Crippen LogP contribution in [-0.2, 0) is 18.4 Å². The van der Waals surface area contributed by atoms with Gasteiger partial charge in [-0.1, -0.05) is 70.4 Å². The zero-order valence-electron chi connectivity index (χ0n) is 19.8. The average Bonchev–Trinajstić information content (AvgIpc) is 2.78. The average molecular weight is 480 g/mol. The van der Waals surface area contributed by atoms with Crippen molar-refractivity contribution in [2.75, 3.05) is 19.8 Å². The van der Waals surface area contributed by atoms with Crippen LogP contribution >= 0.6 is 7.82 Å². The Morgan fingerprint density at radius 1 is 0.969 bits per heavy atom. The molecular formula is C23H46NO7P. The lowest BCUT2D eigenvalue weighted by Crippen LogP contribution is -2.38. The van der Waals surface area contributed by atoms with Gasteiger partial charge in [-0.3, -0.25) is 13.8 Å². The van der Waals surface area contributed by atoms with Crippen LogP contribution in [0.3, 0.4) is 0 Å². The van der Waals surface area contributed by atoms with Crippen molar-refractivity contribution in [3.05, 3.63) is 12.2 Å². The first-order valence-electron chi connectivity index (χ1n) is 12.2. The molecule has 0 spiro atoms. The third-order valence-electron chi connectivity index (χ3n) is 5.16. The minimum Gasteiger partial charge on any atom is -0.394 e. The van der Waals surface area contributed by atoms with Crippen molar-refractivity contribution in [1.82, 2.24) is 0 Å². The maximum absolute atomic E-state index is 12.3. The second-order valence-electron chi connectivity index (χ2n) is 8.17. The summed E-state index contributed by atoms with van der Waals surface area (Å²) in [7, 11) is -4.54. The van der Waals surface area contributed by atoms with Crippen LogP contribution in [-0.4, -0.2) is 52.9 Å². The van der Waals surface area contributed by atoms with Crippen LogP contribution in [0.1, 0.15) is 96.8 Å². The number of rotatable bonds is 23. The Hall–Kier alpha value is -0.600. The van der Waals surface area contributed by atoms with E-state index in [1.165, 1.54) is 38.5 Å². The van der Waals surface area contributed by atoms with E-state index < -0.39 is 32.4 Å². The SMILES string of the molecule is CCCCCCCC/C=C\CCCCCCCC(=O)C(OP(=O)(O)OCCN)[C@@H](O)CO. The predicted molar refractivity (Wildman–Crippen MR) is 127 cm³/mol. The first kappa shape index (κ1) is 31.4. The van der Waals surface area contributed by atoms with Gasteiger partial charge in [-0.2, -0.15) is 0 Å². The summed E-state index contributed by atoms with van der Waals surface area (Å²) in [5.41, 5.74) is 5.21. The smallest absolute Gasteiger partial charge is 0.394 e. The maximum atomic E-state index is 12.3. The maximum Gasteiger partial charge on any atom is 0.473 e. The Bertz CT molecular complexity index is 530. The van der Waals surface area contributed by atoms with E-state index in [4.69, 9.17) is 15.4 Å². The van der Waals surface area contributed by atoms with Gasteiger partial charge < -0.3 is 20.8 Å². The molecule has 9 heteroatoms. The van der Waals surface area contributed by atoms with E-state index in [9.17, 15) is 19.4 Å². The van der Waals surface area contributed by atoms with Crippen LogP contribution in [0.4, 0.5) is 0 Å². The van der Waals surface area contributed by atoms with E-state index in [-0.39, 0.29) is 19.6 Å². The molecule has 8 nitrogen and oxygen atoms in total. The number of ketones is 1. The summed E-state index contributed by atoms with van der Waals surface area (Å²) in [5, 5.41) is 18.9. The van der Waals surface area contributed by atoms with Crippen molar-refractivity contribution in [3.8, 4) is 0 Å². The van der Waals surface area contributed by atoms with Crippen LogP contribution < -0.4 is 5.73 Å². The molecule has 2 unspecified atom stereocenters. The Labute approximate surface area is 194 Å². The number of hydrogen-bond acceptors (Lipinski definition) is 7. The van der Waals surface area contributed by atoms with E-state index in [1.807, 2.05) is 0 Å². The largest absolute Gasteiger partial charge is 0.473 e. The fraction of sp³-hybridized carbons (Fsp3) is 0.870. The van der Waals surface area contributed by atoms with Gasteiger partial charge in [-0.15, -0.1) is 0 Å². The number of nitrogens with two attached hydrogens (primary N) is 1. The molecule has 0 fully saturated rings. The molecule has 0 rings (SSSR count). The van der Waals surface area contributed by atoms with Gasteiger partial charge in [0.2, 0.25) is 0 Å². The molecule has 0 aliphatic rings. The molecule has 0 saturated heterocycles. The highest BCUT2D eigenvalue weighted by Gasteiger charge is 2.35. The lowest BCUT2D eigenvalue weighted by molar-refractivity contribution is -0.134. The van der Waals surface area contributed by atoms with Crippen molar-refractivity contribution >= 4 is 13.6 Å². The van der Waals surface area contributed by atoms with Crippen LogP contribution in [0, 0.1) is 0 Å². The standard InChI is InChI=1S/C23H46NO7P/c1-2-3-4-5-6-7-8-9-10-11-12-13-14-15-16-17-21(26)23(22(27)20-25)31-32(28,29)30-19-18-24/h9-10,22-23,25,27H,2-8,11-20,24H2,1H3,(H,28,29)/b10-9-/t22-,23?/m0/s1. The quantitative estimate of drug-likeness (QED) is 0.0960. The third kappa shape index (κ3) is 17.9. The molecule has 0 aromatic rings. The fourth-order valence-corrected chi connectivity index (χ4v) is 4.24. The second kappa shape index (κ2) is 21.0. The predicted octanol–water partition coefficient (Wildman–Crippen LogP) is 4.41. The summed E-state index contributed by atoms with van der Waals surface area (Å²) in [6.07, 6.45) is 16.2. The summed E-state index contributed by atoms with van der Waals surface area (Å²) in [4.78, 5) is 21.9. The molecule has 32 heavy (non-hydrogen) atoms. The molecule has 5 N–H and O–H groups in total. The first-order chi connectivity index (χ1) is 15.4. The van der Waals surface area contributed by atoms with Gasteiger partial charge in [-0.25, -0.2) is 4.57 Å². The summed E-state index contributed by atoms with van der Waals surface area (Å²) < 4.78 is 21.2. The van der Waals surface area contributed by atoms with Gasteiger partial charge in [0, 0.05) is 13.0 Å². The molecule has 0 saturated carbocycles. The second-order valence-corrected chi connectivity index (χ2v) is 9.57. The van der Waals surface area contributed by atoms with Crippen molar-refractivity contribution in [3.63, 3.8) is 0 Å². The number of aliphatic hydroxyl groups excluding tert-OH is 2. The summed E-state index contributed by atoms with van der Waals surface area (Å²) in [5.74, 6) is -0.533. The molecule has 3 atom stereocenters. The van der Waals surface area contributed by atoms with Crippen molar-refractivity contribution < 1.29 is 33.5 Å². The molecule has 0 aliphatic heterocycles. The number of unbranched alkanes of at least 4 members (excludes halogenated alkanes) is 11. The topological polar surface area (TPSA) is 139 Å². The van der Waals surface area contributed by atoms with Gasteiger partial charge in [0.25, 0.3) is 0 Å². The van der Waals surface area contributed by atoms with Gasteiger partial charge in [-0.05, 0) is 32.1 Å².